The largest absolute Gasteiger partial charge is 0.370 e. The monoisotopic (exact) mass is 476 g/mol. The molecule has 1 aliphatic carbocycles. The van der Waals surface area contributed by atoms with Gasteiger partial charge < -0.3 is 14.5 Å². The molecule has 8 nitrogen and oxygen atoms in total. The van der Waals surface area contributed by atoms with Gasteiger partial charge in [-0.25, -0.2) is 4.98 Å². The Kier molecular flexibility index (Phi) is 6.08. The molecule has 1 amide bonds. The molecule has 2 aromatic heterocycles. The topological polar surface area (TPSA) is 87.3 Å². The van der Waals surface area contributed by atoms with Crippen molar-refractivity contribution in [2.45, 2.75) is 84.6 Å². The zero-order valence-corrected chi connectivity index (χ0v) is 21.5. The van der Waals surface area contributed by atoms with Gasteiger partial charge in [0.15, 0.2) is 0 Å². The van der Waals surface area contributed by atoms with Crippen molar-refractivity contribution < 1.29 is 9.53 Å². The van der Waals surface area contributed by atoms with Crippen LogP contribution in [0.15, 0.2) is 12.3 Å². The summed E-state index contributed by atoms with van der Waals surface area (Å²) in [5.74, 6) is 1.63. The zero-order chi connectivity index (χ0) is 24.9. The number of carbonyl (C=O) groups is 1. The molecule has 8 heteroatoms. The summed E-state index contributed by atoms with van der Waals surface area (Å²) >= 11 is 0. The first kappa shape index (κ1) is 23.8. The van der Waals surface area contributed by atoms with Gasteiger partial charge in [0, 0.05) is 43.7 Å². The van der Waals surface area contributed by atoms with Crippen molar-refractivity contribution in [1.29, 1.82) is 5.26 Å². The van der Waals surface area contributed by atoms with Crippen molar-refractivity contribution >= 4 is 11.7 Å². The van der Waals surface area contributed by atoms with Gasteiger partial charge in [-0.05, 0) is 51.2 Å². The van der Waals surface area contributed by atoms with Gasteiger partial charge in [-0.1, -0.05) is 13.8 Å². The van der Waals surface area contributed by atoms with E-state index in [9.17, 15) is 10.1 Å². The quantitative estimate of drug-likeness (QED) is 0.656. The average molecular weight is 477 g/mol. The van der Waals surface area contributed by atoms with Gasteiger partial charge in [0.25, 0.3) is 0 Å². The van der Waals surface area contributed by atoms with Crippen molar-refractivity contribution in [1.82, 2.24) is 19.7 Å². The summed E-state index contributed by atoms with van der Waals surface area (Å²) in [5, 5.41) is 14.7. The van der Waals surface area contributed by atoms with E-state index in [1.54, 1.807) is 4.68 Å². The van der Waals surface area contributed by atoms with Crippen LogP contribution >= 0.6 is 0 Å². The lowest BCUT2D eigenvalue weighted by atomic mass is 9.87. The smallest absolute Gasteiger partial charge is 0.244 e. The number of carbonyl (C=O) groups excluding carboxylic acids is 1. The molecule has 0 bridgehead atoms. The van der Waals surface area contributed by atoms with Crippen LogP contribution in [0, 0.1) is 24.2 Å². The number of nitrogens with zero attached hydrogens (tertiary/aromatic N) is 6. The number of hydrogen-bond acceptors (Lipinski definition) is 6. The fourth-order valence-corrected chi connectivity index (χ4v) is 5.48. The molecular weight excluding hydrogens is 440 g/mol. The van der Waals surface area contributed by atoms with Crippen LogP contribution in [-0.4, -0.2) is 56.8 Å². The number of aromatic nitrogens is 3. The molecule has 0 aromatic carbocycles. The number of pyridine rings is 1. The van der Waals surface area contributed by atoms with Crippen LogP contribution in [0.5, 0.6) is 0 Å². The van der Waals surface area contributed by atoms with Crippen molar-refractivity contribution in [3.63, 3.8) is 0 Å². The van der Waals surface area contributed by atoms with Gasteiger partial charge >= 0.3 is 0 Å². The lowest BCUT2D eigenvalue weighted by Gasteiger charge is -2.44. The molecular formula is C27H36N6O2. The van der Waals surface area contributed by atoms with Gasteiger partial charge in [0.2, 0.25) is 5.91 Å². The van der Waals surface area contributed by atoms with Crippen LogP contribution in [0.1, 0.15) is 74.5 Å². The van der Waals surface area contributed by atoms with E-state index < -0.39 is 0 Å². The molecule has 3 aliphatic rings. The second-order valence-electron chi connectivity index (χ2n) is 11.3. The van der Waals surface area contributed by atoms with E-state index in [2.05, 4.69) is 43.8 Å². The Hall–Kier alpha value is -2.92. The Morgan fingerprint density at radius 2 is 2.06 bits per heavy atom. The van der Waals surface area contributed by atoms with Crippen molar-refractivity contribution in [2.24, 2.45) is 5.92 Å². The van der Waals surface area contributed by atoms with Crippen molar-refractivity contribution in [2.75, 3.05) is 24.5 Å². The maximum Gasteiger partial charge on any atom is 0.244 e. The Morgan fingerprint density at radius 3 is 2.69 bits per heavy atom. The summed E-state index contributed by atoms with van der Waals surface area (Å²) in [6.07, 6.45) is 4.88. The number of aryl methyl sites for hydroxylation is 1. The molecule has 1 saturated heterocycles. The lowest BCUT2D eigenvalue weighted by molar-refractivity contribution is -0.135. The van der Waals surface area contributed by atoms with Crippen LogP contribution in [0.4, 0.5) is 5.82 Å². The van der Waals surface area contributed by atoms with E-state index in [1.807, 2.05) is 24.1 Å². The number of anilines is 1. The molecule has 0 spiro atoms. The molecule has 1 atom stereocenters. The molecule has 2 fully saturated rings. The van der Waals surface area contributed by atoms with E-state index in [0.29, 0.717) is 37.7 Å². The second-order valence-corrected chi connectivity index (χ2v) is 11.3. The number of fused-ring (bicyclic) bond motifs is 1. The number of ether oxygens (including phenoxy) is 1. The molecule has 4 heterocycles. The normalized spacial score (nSPS) is 21.7. The van der Waals surface area contributed by atoms with Gasteiger partial charge in [-0.3, -0.25) is 9.48 Å². The SMILES string of the molecule is Cc1ccn(CC(=O)N2CCN(c3nc(C4CC4)c4c(c3C#N)CC(C)(C)OC4)CC2C(C)C)n1. The highest BCUT2D eigenvalue weighted by atomic mass is 16.5. The van der Waals surface area contributed by atoms with Gasteiger partial charge in [-0.2, -0.15) is 10.4 Å². The third kappa shape index (κ3) is 4.66. The Bertz CT molecular complexity index is 1170. The van der Waals surface area contributed by atoms with Gasteiger partial charge in [0.1, 0.15) is 18.4 Å². The summed E-state index contributed by atoms with van der Waals surface area (Å²) in [7, 11) is 0. The molecule has 1 saturated carbocycles. The minimum atomic E-state index is -0.297. The molecule has 0 radical (unpaired) electrons. The summed E-state index contributed by atoms with van der Waals surface area (Å²) in [5.41, 5.74) is 4.67. The number of piperazine rings is 1. The summed E-state index contributed by atoms with van der Waals surface area (Å²) in [4.78, 5) is 22.6. The molecule has 2 aromatic rings. The Labute approximate surface area is 207 Å². The Morgan fingerprint density at radius 1 is 1.29 bits per heavy atom. The van der Waals surface area contributed by atoms with E-state index in [-0.39, 0.29) is 30.0 Å². The minimum Gasteiger partial charge on any atom is -0.370 e. The second kappa shape index (κ2) is 8.94. The number of hydrogen-bond donors (Lipinski definition) is 0. The maximum absolute atomic E-state index is 13.2. The molecule has 0 N–H and O–H groups in total. The van der Waals surface area contributed by atoms with Crippen LogP contribution in [0.2, 0.25) is 0 Å². The molecule has 5 rings (SSSR count). The predicted octanol–water partition coefficient (Wildman–Crippen LogP) is 3.56. The number of rotatable bonds is 5. The van der Waals surface area contributed by atoms with Crippen molar-refractivity contribution in [3.8, 4) is 6.07 Å². The fourth-order valence-electron chi connectivity index (χ4n) is 5.48. The first-order chi connectivity index (χ1) is 16.7. The fraction of sp³-hybridized carbons (Fsp3) is 0.630. The highest BCUT2D eigenvalue weighted by molar-refractivity contribution is 5.77. The third-order valence-corrected chi connectivity index (χ3v) is 7.59. The standard InChI is InChI=1S/C27H36N6O2/c1-17(2)23-14-31(10-11-33(23)24(34)15-32-9-8-18(3)30-32)26-21(13-28)20-12-27(4,5)35-16-22(20)25(29-26)19-6-7-19/h8-9,17,19,23H,6-7,10-12,14-16H2,1-5H3. The predicted molar refractivity (Wildman–Crippen MR) is 133 cm³/mol. The average Bonchev–Trinajstić information content (AvgIpc) is 3.58. The zero-order valence-electron chi connectivity index (χ0n) is 21.5. The molecule has 2 aliphatic heterocycles. The number of amides is 1. The number of nitriles is 1. The van der Waals surface area contributed by atoms with Gasteiger partial charge in [0.05, 0.1) is 35.2 Å². The summed E-state index contributed by atoms with van der Waals surface area (Å²) in [6, 6.07) is 4.47. The van der Waals surface area contributed by atoms with Crippen LogP contribution in [-0.2, 0) is 29.1 Å². The van der Waals surface area contributed by atoms with Crippen LogP contribution in [0.25, 0.3) is 0 Å². The van der Waals surface area contributed by atoms with E-state index in [4.69, 9.17) is 9.72 Å². The van der Waals surface area contributed by atoms with E-state index in [0.717, 1.165) is 47.6 Å². The van der Waals surface area contributed by atoms with Crippen LogP contribution < -0.4 is 4.90 Å². The lowest BCUT2D eigenvalue weighted by Crippen LogP contribution is -2.58. The third-order valence-electron chi connectivity index (χ3n) is 7.59. The highest BCUT2D eigenvalue weighted by Crippen LogP contribution is 2.46. The Balaban J connectivity index is 1.45. The van der Waals surface area contributed by atoms with E-state index in [1.165, 1.54) is 0 Å². The summed E-state index contributed by atoms with van der Waals surface area (Å²) < 4.78 is 7.83. The minimum absolute atomic E-state index is 0.0430. The van der Waals surface area contributed by atoms with Gasteiger partial charge in [-0.15, -0.1) is 0 Å². The molecule has 35 heavy (non-hydrogen) atoms. The maximum atomic E-state index is 13.2. The first-order valence-corrected chi connectivity index (χ1v) is 12.8. The van der Waals surface area contributed by atoms with Crippen molar-refractivity contribution in [3.05, 3.63) is 40.3 Å². The summed E-state index contributed by atoms with van der Waals surface area (Å²) in [6.45, 7) is 13.2. The van der Waals surface area contributed by atoms with E-state index >= 15 is 0 Å². The molecule has 1 unspecified atom stereocenters. The first-order valence-electron chi connectivity index (χ1n) is 12.8. The van der Waals surface area contributed by atoms with Crippen LogP contribution in [0.3, 0.4) is 0 Å². The molecule has 186 valence electrons. The highest BCUT2D eigenvalue weighted by Gasteiger charge is 2.39.